The number of carbonyl (C=O) groups excluding carboxylic acids is 1. The molecule has 0 saturated carbocycles. The van der Waals surface area contributed by atoms with Gasteiger partial charge >= 0.3 is 0 Å². The topological polar surface area (TPSA) is 68.2 Å². The van der Waals surface area contributed by atoms with Gasteiger partial charge in [0.1, 0.15) is 0 Å². The van der Waals surface area contributed by atoms with E-state index in [4.69, 9.17) is 4.74 Å². The van der Waals surface area contributed by atoms with E-state index in [2.05, 4.69) is 15.0 Å². The molecular weight excluding hydrogens is 304 g/mol. The summed E-state index contributed by atoms with van der Waals surface area (Å²) in [6.07, 6.45) is 7.05. The number of likely N-dealkylation sites (tertiary alicyclic amines) is 1. The van der Waals surface area contributed by atoms with E-state index in [0.29, 0.717) is 30.3 Å². The van der Waals surface area contributed by atoms with Crippen LogP contribution in [-0.2, 0) is 4.74 Å². The van der Waals surface area contributed by atoms with Crippen LogP contribution in [0.2, 0.25) is 0 Å². The summed E-state index contributed by atoms with van der Waals surface area (Å²) in [7, 11) is 0. The number of rotatable bonds is 5. The first-order chi connectivity index (χ1) is 11.7. The number of amides is 1. The number of aromatic nitrogens is 3. The van der Waals surface area contributed by atoms with Gasteiger partial charge in [-0.2, -0.15) is 0 Å². The molecule has 1 atom stereocenters. The molecular formula is C18H22N4O2. The lowest BCUT2D eigenvalue weighted by Crippen LogP contribution is -2.38. The van der Waals surface area contributed by atoms with Crippen LogP contribution in [0.5, 0.6) is 0 Å². The molecule has 6 heteroatoms. The van der Waals surface area contributed by atoms with Crippen LogP contribution in [0.4, 0.5) is 0 Å². The second-order valence-corrected chi connectivity index (χ2v) is 5.89. The number of hydrogen-bond acceptors (Lipinski definition) is 5. The minimum Gasteiger partial charge on any atom is -0.380 e. The van der Waals surface area contributed by atoms with Crippen molar-refractivity contribution in [2.24, 2.45) is 0 Å². The van der Waals surface area contributed by atoms with E-state index < -0.39 is 0 Å². The summed E-state index contributed by atoms with van der Waals surface area (Å²) in [5.41, 5.74) is 2.09. The van der Waals surface area contributed by atoms with Gasteiger partial charge < -0.3 is 9.64 Å². The molecule has 2 aromatic rings. The molecule has 6 nitrogen and oxygen atoms in total. The molecule has 1 saturated heterocycles. The Bertz CT molecular complexity index is 705. The summed E-state index contributed by atoms with van der Waals surface area (Å²) in [6.45, 7) is 5.84. The largest absolute Gasteiger partial charge is 0.380 e. The summed E-state index contributed by atoms with van der Waals surface area (Å²) in [4.78, 5) is 27.7. The Kier molecular flexibility index (Phi) is 5.15. The maximum atomic E-state index is 12.9. The molecule has 24 heavy (non-hydrogen) atoms. The number of carbonyl (C=O) groups is 1. The highest BCUT2D eigenvalue weighted by atomic mass is 16.5. The molecule has 0 N–H and O–H groups in total. The first-order valence-corrected chi connectivity index (χ1v) is 8.33. The van der Waals surface area contributed by atoms with Crippen LogP contribution in [0.15, 0.2) is 30.7 Å². The second kappa shape index (κ2) is 7.49. The monoisotopic (exact) mass is 326 g/mol. The third-order valence-corrected chi connectivity index (χ3v) is 4.28. The summed E-state index contributed by atoms with van der Waals surface area (Å²) in [6, 6.07) is 3.90. The molecule has 0 radical (unpaired) electrons. The summed E-state index contributed by atoms with van der Waals surface area (Å²) in [5.74, 6) is 0.580. The van der Waals surface area contributed by atoms with Crippen molar-refractivity contribution in [1.82, 2.24) is 19.9 Å². The summed E-state index contributed by atoms with van der Waals surface area (Å²) < 4.78 is 5.51. The van der Waals surface area contributed by atoms with Gasteiger partial charge in [0.15, 0.2) is 5.82 Å². The second-order valence-electron chi connectivity index (χ2n) is 5.89. The zero-order chi connectivity index (χ0) is 16.9. The Morgan fingerprint density at radius 3 is 3.00 bits per heavy atom. The van der Waals surface area contributed by atoms with E-state index in [1.807, 2.05) is 30.9 Å². The number of hydrogen-bond donors (Lipinski definition) is 0. The molecule has 0 aromatic carbocycles. The predicted molar refractivity (Wildman–Crippen MR) is 90.6 cm³/mol. The van der Waals surface area contributed by atoms with Crippen molar-refractivity contribution in [3.8, 4) is 11.4 Å². The third kappa shape index (κ3) is 3.43. The minimum absolute atomic E-state index is 0.00700. The average molecular weight is 326 g/mol. The Balaban J connectivity index is 1.80. The van der Waals surface area contributed by atoms with Crippen LogP contribution >= 0.6 is 0 Å². The number of pyridine rings is 1. The summed E-state index contributed by atoms with van der Waals surface area (Å²) >= 11 is 0. The Hall–Kier alpha value is -2.34. The van der Waals surface area contributed by atoms with Gasteiger partial charge in [-0.1, -0.05) is 0 Å². The van der Waals surface area contributed by atoms with Gasteiger partial charge in [-0.25, -0.2) is 9.97 Å². The van der Waals surface area contributed by atoms with Gasteiger partial charge in [-0.05, 0) is 38.8 Å². The third-order valence-electron chi connectivity index (χ3n) is 4.28. The van der Waals surface area contributed by atoms with E-state index in [1.54, 1.807) is 18.6 Å². The van der Waals surface area contributed by atoms with E-state index in [0.717, 1.165) is 24.9 Å². The van der Waals surface area contributed by atoms with Gasteiger partial charge in [-0.15, -0.1) is 0 Å². The van der Waals surface area contributed by atoms with Crippen molar-refractivity contribution in [3.63, 3.8) is 0 Å². The first-order valence-electron chi connectivity index (χ1n) is 8.33. The van der Waals surface area contributed by atoms with Gasteiger partial charge in [0.05, 0.1) is 23.9 Å². The lowest BCUT2D eigenvalue weighted by molar-refractivity contribution is 0.0563. The average Bonchev–Trinajstić information content (AvgIpc) is 3.08. The molecule has 1 aliphatic heterocycles. The molecule has 2 aromatic heterocycles. The normalized spacial score (nSPS) is 17.2. The fourth-order valence-electron chi connectivity index (χ4n) is 3.00. The van der Waals surface area contributed by atoms with E-state index in [9.17, 15) is 4.79 Å². The fraction of sp³-hybridized carbons (Fsp3) is 0.444. The highest BCUT2D eigenvalue weighted by molar-refractivity contribution is 5.95. The summed E-state index contributed by atoms with van der Waals surface area (Å²) in [5, 5.41) is 0. The number of ether oxygens (including phenoxy) is 1. The zero-order valence-corrected chi connectivity index (χ0v) is 14.1. The Morgan fingerprint density at radius 1 is 1.42 bits per heavy atom. The number of nitrogens with zero attached hydrogens (tertiary/aromatic N) is 4. The van der Waals surface area contributed by atoms with Crippen molar-refractivity contribution >= 4 is 5.91 Å². The SMILES string of the molecule is CCOCC1CCCN1C(=O)c1cnc(-c2cccnc2)nc1C. The van der Waals surface area contributed by atoms with Gasteiger partial charge in [0.2, 0.25) is 0 Å². The van der Waals surface area contributed by atoms with Gasteiger partial charge in [-0.3, -0.25) is 9.78 Å². The van der Waals surface area contributed by atoms with Crippen molar-refractivity contribution < 1.29 is 9.53 Å². The van der Waals surface area contributed by atoms with Crippen LogP contribution < -0.4 is 0 Å². The van der Waals surface area contributed by atoms with Crippen LogP contribution in [0.1, 0.15) is 35.8 Å². The fourth-order valence-corrected chi connectivity index (χ4v) is 3.00. The standard InChI is InChI=1S/C18H22N4O2/c1-3-24-12-15-7-5-9-22(15)18(23)16-11-20-17(21-13(16)2)14-6-4-8-19-10-14/h4,6,8,10-11,15H,3,5,7,9,12H2,1-2H3. The lowest BCUT2D eigenvalue weighted by Gasteiger charge is -2.25. The van der Waals surface area contributed by atoms with Crippen LogP contribution in [0, 0.1) is 6.92 Å². The maximum Gasteiger partial charge on any atom is 0.257 e. The molecule has 1 aliphatic rings. The Morgan fingerprint density at radius 2 is 2.29 bits per heavy atom. The maximum absolute atomic E-state index is 12.9. The highest BCUT2D eigenvalue weighted by Crippen LogP contribution is 2.22. The molecule has 0 aliphatic carbocycles. The molecule has 1 amide bonds. The van der Waals surface area contributed by atoms with E-state index in [1.165, 1.54) is 0 Å². The van der Waals surface area contributed by atoms with Crippen LogP contribution in [-0.4, -0.2) is 51.6 Å². The van der Waals surface area contributed by atoms with Gasteiger partial charge in [0.25, 0.3) is 5.91 Å². The zero-order valence-electron chi connectivity index (χ0n) is 14.1. The molecule has 1 unspecified atom stereocenters. The lowest BCUT2D eigenvalue weighted by atomic mass is 10.1. The van der Waals surface area contributed by atoms with Crippen LogP contribution in [0.25, 0.3) is 11.4 Å². The molecule has 3 rings (SSSR count). The highest BCUT2D eigenvalue weighted by Gasteiger charge is 2.30. The van der Waals surface area contributed by atoms with Gasteiger partial charge in [0, 0.05) is 37.3 Å². The minimum atomic E-state index is -0.00700. The molecule has 3 heterocycles. The van der Waals surface area contributed by atoms with Crippen molar-refractivity contribution in [1.29, 1.82) is 0 Å². The van der Waals surface area contributed by atoms with E-state index in [-0.39, 0.29) is 11.9 Å². The molecule has 1 fully saturated rings. The smallest absolute Gasteiger partial charge is 0.257 e. The molecule has 126 valence electrons. The van der Waals surface area contributed by atoms with E-state index >= 15 is 0 Å². The quantitative estimate of drug-likeness (QED) is 0.844. The van der Waals surface area contributed by atoms with Crippen molar-refractivity contribution in [2.45, 2.75) is 32.7 Å². The Labute approximate surface area is 141 Å². The molecule has 0 spiro atoms. The predicted octanol–water partition coefficient (Wildman–Crippen LogP) is 2.49. The van der Waals surface area contributed by atoms with Crippen LogP contribution in [0.3, 0.4) is 0 Å². The molecule has 0 bridgehead atoms. The number of aryl methyl sites for hydroxylation is 1. The first kappa shape index (κ1) is 16.5. The van der Waals surface area contributed by atoms with Crippen molar-refractivity contribution in [2.75, 3.05) is 19.8 Å². The van der Waals surface area contributed by atoms with Crippen molar-refractivity contribution in [3.05, 3.63) is 42.0 Å².